The molecule has 0 saturated carbocycles. The molecule has 1 fully saturated rings. The van der Waals surface area contributed by atoms with Crippen LogP contribution in [-0.2, 0) is 19.5 Å². The number of rotatable bonds is 4. The highest BCUT2D eigenvalue weighted by Gasteiger charge is 2.27. The van der Waals surface area contributed by atoms with E-state index in [0.29, 0.717) is 5.92 Å². The number of likely N-dealkylation sites (tertiary alicyclic amines) is 1. The van der Waals surface area contributed by atoms with Crippen LogP contribution in [-0.4, -0.2) is 42.9 Å². The number of aromatic nitrogens is 5. The van der Waals surface area contributed by atoms with Crippen LogP contribution in [0.3, 0.4) is 0 Å². The standard InChI is InChI=1S/C21H26N6O/c1-2-6-20-23-24-21(27(20)10-3-1)16-7-11-26(12-8-16)15-18-13-19(25-28-18)17-5-4-9-22-14-17/h4-5,9,13-14,16H,1-3,6-8,10-12,15H2. The first-order valence-corrected chi connectivity index (χ1v) is 10.4. The van der Waals surface area contributed by atoms with E-state index in [2.05, 4.69) is 29.8 Å². The summed E-state index contributed by atoms with van der Waals surface area (Å²) in [4.78, 5) is 6.60. The van der Waals surface area contributed by atoms with Gasteiger partial charge >= 0.3 is 0 Å². The van der Waals surface area contributed by atoms with Gasteiger partial charge in [-0.05, 0) is 50.9 Å². The van der Waals surface area contributed by atoms with Gasteiger partial charge in [-0.3, -0.25) is 9.88 Å². The Labute approximate surface area is 164 Å². The van der Waals surface area contributed by atoms with Crippen molar-refractivity contribution in [1.29, 1.82) is 0 Å². The van der Waals surface area contributed by atoms with E-state index in [9.17, 15) is 0 Å². The Hall–Kier alpha value is -2.54. The van der Waals surface area contributed by atoms with Crippen molar-refractivity contribution < 1.29 is 4.52 Å². The van der Waals surface area contributed by atoms with E-state index < -0.39 is 0 Å². The van der Waals surface area contributed by atoms with Gasteiger partial charge in [0, 0.05) is 42.9 Å². The van der Waals surface area contributed by atoms with E-state index in [1.165, 1.54) is 30.9 Å². The lowest BCUT2D eigenvalue weighted by molar-refractivity contribution is 0.180. The summed E-state index contributed by atoms with van der Waals surface area (Å²) in [5.74, 6) is 3.85. The van der Waals surface area contributed by atoms with Gasteiger partial charge in [-0.2, -0.15) is 0 Å². The smallest absolute Gasteiger partial charge is 0.151 e. The van der Waals surface area contributed by atoms with Gasteiger partial charge in [0.1, 0.15) is 17.3 Å². The molecule has 3 aromatic rings. The quantitative estimate of drug-likeness (QED) is 0.692. The van der Waals surface area contributed by atoms with E-state index in [1.54, 1.807) is 6.20 Å². The van der Waals surface area contributed by atoms with Crippen molar-refractivity contribution in [3.8, 4) is 11.3 Å². The van der Waals surface area contributed by atoms with Crippen LogP contribution in [0.4, 0.5) is 0 Å². The SMILES string of the molecule is c1cncc(-c2cc(CN3CCC(c4nnc5n4CCCCC5)CC3)on2)c1. The molecule has 0 aliphatic carbocycles. The molecule has 0 unspecified atom stereocenters. The Balaban J connectivity index is 1.20. The maximum atomic E-state index is 5.56. The molecule has 0 bridgehead atoms. The molecule has 7 heteroatoms. The molecule has 0 spiro atoms. The average Bonchev–Trinajstić information content (AvgIpc) is 3.30. The average molecular weight is 378 g/mol. The molecule has 28 heavy (non-hydrogen) atoms. The Morgan fingerprint density at radius 1 is 1.07 bits per heavy atom. The molecule has 0 radical (unpaired) electrons. The number of aryl methyl sites for hydroxylation is 1. The van der Waals surface area contributed by atoms with Crippen LogP contribution in [0, 0.1) is 0 Å². The van der Waals surface area contributed by atoms with Crippen LogP contribution in [0.15, 0.2) is 35.1 Å². The zero-order chi connectivity index (χ0) is 18.8. The second-order valence-corrected chi connectivity index (χ2v) is 7.91. The number of pyridine rings is 1. The van der Waals surface area contributed by atoms with Crippen LogP contribution in [0.25, 0.3) is 11.3 Å². The molecule has 146 valence electrons. The summed E-state index contributed by atoms with van der Waals surface area (Å²) in [6.45, 7) is 4.00. The number of piperidine rings is 1. The van der Waals surface area contributed by atoms with Gasteiger partial charge in [-0.1, -0.05) is 11.6 Å². The zero-order valence-corrected chi connectivity index (χ0v) is 16.1. The molecule has 2 aliphatic rings. The van der Waals surface area contributed by atoms with Crippen molar-refractivity contribution >= 4 is 0 Å². The summed E-state index contributed by atoms with van der Waals surface area (Å²) >= 11 is 0. The minimum Gasteiger partial charge on any atom is -0.359 e. The lowest BCUT2D eigenvalue weighted by atomic mass is 9.95. The highest BCUT2D eigenvalue weighted by atomic mass is 16.5. The molecule has 5 rings (SSSR count). The zero-order valence-electron chi connectivity index (χ0n) is 16.1. The molecule has 0 amide bonds. The van der Waals surface area contributed by atoms with E-state index in [0.717, 1.165) is 62.5 Å². The third-order valence-electron chi connectivity index (χ3n) is 5.99. The molecule has 2 aliphatic heterocycles. The molecule has 0 N–H and O–H groups in total. The summed E-state index contributed by atoms with van der Waals surface area (Å²) in [5, 5.41) is 13.3. The van der Waals surface area contributed by atoms with Crippen LogP contribution in [0.1, 0.15) is 55.4 Å². The van der Waals surface area contributed by atoms with Gasteiger partial charge in [0.05, 0.1) is 6.54 Å². The van der Waals surface area contributed by atoms with Gasteiger partial charge in [0.15, 0.2) is 5.76 Å². The molecule has 7 nitrogen and oxygen atoms in total. The Morgan fingerprint density at radius 3 is 2.86 bits per heavy atom. The maximum absolute atomic E-state index is 5.56. The lowest BCUT2D eigenvalue weighted by Crippen LogP contribution is -2.33. The van der Waals surface area contributed by atoms with Crippen molar-refractivity contribution in [3.63, 3.8) is 0 Å². The van der Waals surface area contributed by atoms with Crippen LogP contribution >= 0.6 is 0 Å². The molecular formula is C21H26N6O. The van der Waals surface area contributed by atoms with Gasteiger partial charge in [-0.15, -0.1) is 10.2 Å². The number of nitrogens with zero attached hydrogens (tertiary/aromatic N) is 6. The first kappa shape index (κ1) is 17.6. The fourth-order valence-corrected chi connectivity index (χ4v) is 4.42. The third-order valence-corrected chi connectivity index (χ3v) is 5.99. The van der Waals surface area contributed by atoms with Gasteiger partial charge in [0.2, 0.25) is 0 Å². The second-order valence-electron chi connectivity index (χ2n) is 7.91. The number of hydrogen-bond acceptors (Lipinski definition) is 6. The number of fused-ring (bicyclic) bond motifs is 1. The Bertz CT molecular complexity index is 910. The largest absolute Gasteiger partial charge is 0.359 e. The van der Waals surface area contributed by atoms with Crippen molar-refractivity contribution in [2.75, 3.05) is 13.1 Å². The summed E-state index contributed by atoms with van der Waals surface area (Å²) in [6, 6.07) is 5.95. The predicted molar refractivity (Wildman–Crippen MR) is 105 cm³/mol. The van der Waals surface area contributed by atoms with Crippen LogP contribution in [0.5, 0.6) is 0 Å². The first-order valence-electron chi connectivity index (χ1n) is 10.4. The van der Waals surface area contributed by atoms with Crippen LogP contribution < -0.4 is 0 Å². The Morgan fingerprint density at radius 2 is 2.00 bits per heavy atom. The minimum atomic E-state index is 0.524. The van der Waals surface area contributed by atoms with Gasteiger partial charge in [0.25, 0.3) is 0 Å². The maximum Gasteiger partial charge on any atom is 0.151 e. The second kappa shape index (κ2) is 7.83. The van der Waals surface area contributed by atoms with E-state index in [-0.39, 0.29) is 0 Å². The van der Waals surface area contributed by atoms with E-state index in [1.807, 2.05) is 24.4 Å². The summed E-state index contributed by atoms with van der Waals surface area (Å²) in [5.41, 5.74) is 1.84. The number of hydrogen-bond donors (Lipinski definition) is 0. The summed E-state index contributed by atoms with van der Waals surface area (Å²) in [7, 11) is 0. The van der Waals surface area contributed by atoms with Crippen LogP contribution in [0.2, 0.25) is 0 Å². The monoisotopic (exact) mass is 378 g/mol. The summed E-state index contributed by atoms with van der Waals surface area (Å²) in [6.07, 6.45) is 10.7. The van der Waals surface area contributed by atoms with Crippen molar-refractivity contribution in [2.45, 2.75) is 57.5 Å². The summed E-state index contributed by atoms with van der Waals surface area (Å²) < 4.78 is 7.97. The normalized spacial score (nSPS) is 18.7. The van der Waals surface area contributed by atoms with Crippen molar-refractivity contribution in [3.05, 3.63) is 48.0 Å². The van der Waals surface area contributed by atoms with Crippen molar-refractivity contribution in [1.82, 2.24) is 29.8 Å². The highest BCUT2D eigenvalue weighted by molar-refractivity contribution is 5.57. The molecule has 0 atom stereocenters. The highest BCUT2D eigenvalue weighted by Crippen LogP contribution is 2.30. The molecule has 5 heterocycles. The van der Waals surface area contributed by atoms with Gasteiger partial charge in [-0.25, -0.2) is 0 Å². The fraction of sp³-hybridized carbons (Fsp3) is 0.524. The van der Waals surface area contributed by atoms with Gasteiger partial charge < -0.3 is 9.09 Å². The third kappa shape index (κ3) is 3.58. The lowest BCUT2D eigenvalue weighted by Gasteiger charge is -2.30. The van der Waals surface area contributed by atoms with E-state index >= 15 is 0 Å². The van der Waals surface area contributed by atoms with E-state index in [4.69, 9.17) is 4.52 Å². The first-order chi connectivity index (χ1) is 13.9. The topological polar surface area (TPSA) is 72.9 Å². The molecule has 0 aromatic carbocycles. The molecule has 1 saturated heterocycles. The van der Waals surface area contributed by atoms with Crippen molar-refractivity contribution in [2.24, 2.45) is 0 Å². The predicted octanol–water partition coefficient (Wildman–Crippen LogP) is 3.43. The fourth-order valence-electron chi connectivity index (χ4n) is 4.42. The Kier molecular flexibility index (Phi) is 4.91. The minimum absolute atomic E-state index is 0.524. The molecular weight excluding hydrogens is 352 g/mol. The molecule has 3 aromatic heterocycles.